The van der Waals surface area contributed by atoms with Gasteiger partial charge < -0.3 is 20.1 Å². The Morgan fingerprint density at radius 2 is 2.00 bits per heavy atom. The number of hydrogen-bond acceptors (Lipinski definition) is 6. The van der Waals surface area contributed by atoms with Gasteiger partial charge in [0, 0.05) is 0 Å². The van der Waals surface area contributed by atoms with E-state index < -0.39 is 30.3 Å². The Kier molecular flexibility index (Phi) is 3.17. The normalized spacial score (nSPS) is 40.0. The molecule has 0 aromatic carbocycles. The molecule has 1 amide bonds. The van der Waals surface area contributed by atoms with Crippen molar-refractivity contribution in [1.29, 1.82) is 0 Å². The first-order valence-electron chi connectivity index (χ1n) is 3.74. The number of carbonyl (C=O) groups excluding carboxylic acids is 1. The van der Waals surface area contributed by atoms with Gasteiger partial charge in [-0.2, -0.15) is 0 Å². The predicted octanol–water partition coefficient (Wildman–Crippen LogP) is -3.54. The van der Waals surface area contributed by atoms with Gasteiger partial charge in [0.1, 0.15) is 18.3 Å². The second-order valence-electron chi connectivity index (χ2n) is 2.81. The first-order valence-corrected chi connectivity index (χ1v) is 3.74. The summed E-state index contributed by atoms with van der Waals surface area (Å²) in [7, 11) is 0. The van der Waals surface area contributed by atoms with Gasteiger partial charge in [-0.15, -0.1) is 0 Å². The van der Waals surface area contributed by atoms with Crippen LogP contribution in [0.25, 0.3) is 0 Å². The monoisotopic (exact) mass is 192 g/mol. The molecular weight excluding hydrogens is 180 g/mol. The van der Waals surface area contributed by atoms with E-state index in [2.05, 4.69) is 0 Å². The summed E-state index contributed by atoms with van der Waals surface area (Å²) in [6.45, 7) is -0.212. The molecule has 0 saturated carbocycles. The number of nitrogens with one attached hydrogen (secondary N) is 1. The first-order chi connectivity index (χ1) is 6.07. The van der Waals surface area contributed by atoms with Crippen molar-refractivity contribution < 1.29 is 24.9 Å². The molecule has 0 radical (unpaired) electrons. The molecule has 76 valence electrons. The standard InChI is InChI=1S/C6H12N2O5/c7-8-6(12)5-4(11)3(10)2(9)1-13-5/h2-5,9-11H,1,7H2,(H,8,12)/t2-,3+,4+,5-/m1/s1. The van der Waals surface area contributed by atoms with Crippen LogP contribution in [-0.4, -0.2) is 52.2 Å². The van der Waals surface area contributed by atoms with Gasteiger partial charge >= 0.3 is 0 Å². The van der Waals surface area contributed by atoms with E-state index in [4.69, 9.17) is 20.8 Å². The Morgan fingerprint density at radius 1 is 1.38 bits per heavy atom. The van der Waals surface area contributed by atoms with Gasteiger partial charge in [-0.05, 0) is 0 Å². The summed E-state index contributed by atoms with van der Waals surface area (Å²) in [6.07, 6.45) is -5.27. The van der Waals surface area contributed by atoms with Gasteiger partial charge in [-0.25, -0.2) is 5.84 Å². The molecule has 0 bridgehead atoms. The van der Waals surface area contributed by atoms with Crippen LogP contribution in [0.15, 0.2) is 0 Å². The van der Waals surface area contributed by atoms with Crippen LogP contribution in [0.4, 0.5) is 0 Å². The van der Waals surface area contributed by atoms with Gasteiger partial charge in [0.05, 0.1) is 6.61 Å². The van der Waals surface area contributed by atoms with E-state index in [0.29, 0.717) is 0 Å². The van der Waals surface area contributed by atoms with Crippen molar-refractivity contribution in [2.24, 2.45) is 5.84 Å². The van der Waals surface area contributed by atoms with Crippen molar-refractivity contribution in [3.63, 3.8) is 0 Å². The summed E-state index contributed by atoms with van der Waals surface area (Å²) >= 11 is 0. The molecular formula is C6H12N2O5. The Bertz CT molecular complexity index is 199. The smallest absolute Gasteiger partial charge is 0.265 e. The minimum Gasteiger partial charge on any atom is -0.388 e. The van der Waals surface area contributed by atoms with Crippen molar-refractivity contribution in [2.45, 2.75) is 24.4 Å². The molecule has 1 saturated heterocycles. The molecule has 1 fully saturated rings. The zero-order valence-corrected chi connectivity index (χ0v) is 6.75. The summed E-state index contributed by atoms with van der Waals surface area (Å²) < 4.78 is 4.77. The minimum atomic E-state index is -1.47. The molecule has 1 aliphatic rings. The van der Waals surface area contributed by atoms with Crippen LogP contribution in [0.2, 0.25) is 0 Å². The summed E-state index contributed by atoms with van der Waals surface area (Å²) in [4.78, 5) is 10.9. The summed E-state index contributed by atoms with van der Waals surface area (Å²) in [5.41, 5.74) is 1.78. The second-order valence-corrected chi connectivity index (χ2v) is 2.81. The molecule has 0 spiro atoms. The first kappa shape index (κ1) is 10.4. The Balaban J connectivity index is 2.63. The van der Waals surface area contributed by atoms with Crippen LogP contribution in [0.5, 0.6) is 0 Å². The van der Waals surface area contributed by atoms with E-state index >= 15 is 0 Å². The molecule has 13 heavy (non-hydrogen) atoms. The summed E-state index contributed by atoms with van der Waals surface area (Å²) in [5, 5.41) is 27.4. The fourth-order valence-corrected chi connectivity index (χ4v) is 1.12. The van der Waals surface area contributed by atoms with E-state index in [1.807, 2.05) is 0 Å². The lowest BCUT2D eigenvalue weighted by molar-refractivity contribution is -0.192. The van der Waals surface area contributed by atoms with Crippen molar-refractivity contribution in [1.82, 2.24) is 5.43 Å². The van der Waals surface area contributed by atoms with Crippen LogP contribution >= 0.6 is 0 Å². The van der Waals surface area contributed by atoms with Gasteiger partial charge in [0.2, 0.25) is 0 Å². The van der Waals surface area contributed by atoms with Crippen molar-refractivity contribution >= 4 is 5.91 Å². The average molecular weight is 192 g/mol. The lowest BCUT2D eigenvalue weighted by Crippen LogP contribution is -2.58. The topological polar surface area (TPSA) is 125 Å². The average Bonchev–Trinajstić information content (AvgIpc) is 2.13. The van der Waals surface area contributed by atoms with Gasteiger partial charge in [-0.3, -0.25) is 10.2 Å². The van der Waals surface area contributed by atoms with Crippen LogP contribution in [-0.2, 0) is 9.53 Å². The zero-order chi connectivity index (χ0) is 10.0. The molecule has 0 unspecified atom stereocenters. The van der Waals surface area contributed by atoms with Crippen LogP contribution in [0.1, 0.15) is 0 Å². The number of rotatable bonds is 1. The zero-order valence-electron chi connectivity index (χ0n) is 6.75. The maximum Gasteiger partial charge on any atom is 0.265 e. The number of amides is 1. The molecule has 1 aliphatic heterocycles. The van der Waals surface area contributed by atoms with Crippen LogP contribution in [0, 0.1) is 0 Å². The third kappa shape index (κ3) is 1.95. The summed E-state index contributed by atoms with van der Waals surface area (Å²) in [5.74, 6) is 4.07. The minimum absolute atomic E-state index is 0.212. The molecule has 0 aliphatic carbocycles. The van der Waals surface area contributed by atoms with E-state index in [1.165, 1.54) is 0 Å². The van der Waals surface area contributed by atoms with Gasteiger partial charge in [0.25, 0.3) is 5.91 Å². The Morgan fingerprint density at radius 3 is 2.54 bits per heavy atom. The molecule has 6 N–H and O–H groups in total. The maximum atomic E-state index is 10.9. The number of hydrazine groups is 1. The quantitative estimate of drug-likeness (QED) is 0.166. The Hall–Kier alpha value is -0.730. The predicted molar refractivity (Wildman–Crippen MR) is 40.1 cm³/mol. The Labute approximate surface area is 74.1 Å². The highest BCUT2D eigenvalue weighted by atomic mass is 16.5. The fraction of sp³-hybridized carbons (Fsp3) is 0.833. The molecule has 1 heterocycles. The second kappa shape index (κ2) is 3.99. The highest BCUT2D eigenvalue weighted by molar-refractivity contribution is 5.81. The number of ether oxygens (including phenoxy) is 1. The fourth-order valence-electron chi connectivity index (χ4n) is 1.12. The largest absolute Gasteiger partial charge is 0.388 e. The molecule has 4 atom stereocenters. The third-order valence-electron chi connectivity index (χ3n) is 1.90. The summed E-state index contributed by atoms with van der Waals surface area (Å²) in [6, 6.07) is 0. The van der Waals surface area contributed by atoms with Crippen LogP contribution < -0.4 is 11.3 Å². The number of carbonyl (C=O) groups is 1. The SMILES string of the molecule is NNC(=O)[C@@H]1OC[C@@H](O)[C@H](O)[C@@H]1O. The lowest BCUT2D eigenvalue weighted by atomic mass is 10.00. The van der Waals surface area contributed by atoms with E-state index in [-0.39, 0.29) is 6.61 Å². The van der Waals surface area contributed by atoms with E-state index in [9.17, 15) is 9.90 Å². The van der Waals surface area contributed by atoms with Gasteiger partial charge in [0.15, 0.2) is 6.10 Å². The van der Waals surface area contributed by atoms with E-state index in [1.54, 1.807) is 5.43 Å². The third-order valence-corrected chi connectivity index (χ3v) is 1.90. The van der Waals surface area contributed by atoms with Crippen molar-refractivity contribution in [2.75, 3.05) is 6.61 Å². The molecule has 0 aromatic rings. The number of aliphatic hydroxyl groups is 3. The number of hydrogen-bond donors (Lipinski definition) is 5. The highest BCUT2D eigenvalue weighted by Gasteiger charge is 2.41. The van der Waals surface area contributed by atoms with Crippen LogP contribution in [0.3, 0.4) is 0 Å². The van der Waals surface area contributed by atoms with E-state index in [0.717, 1.165) is 0 Å². The van der Waals surface area contributed by atoms with Crippen molar-refractivity contribution in [3.8, 4) is 0 Å². The number of aliphatic hydroxyl groups excluding tert-OH is 3. The van der Waals surface area contributed by atoms with Gasteiger partial charge in [-0.1, -0.05) is 0 Å². The van der Waals surface area contributed by atoms with Crippen molar-refractivity contribution in [3.05, 3.63) is 0 Å². The molecule has 7 heteroatoms. The number of nitrogens with two attached hydrogens (primary N) is 1. The molecule has 7 nitrogen and oxygen atoms in total. The lowest BCUT2D eigenvalue weighted by Gasteiger charge is -2.33. The molecule has 1 rings (SSSR count). The highest BCUT2D eigenvalue weighted by Crippen LogP contribution is 2.15. The molecule has 0 aromatic heterocycles. The maximum absolute atomic E-state index is 10.9.